The number of rotatable bonds is 5. The molecule has 0 bridgehead atoms. The van der Waals surface area contributed by atoms with E-state index in [1.54, 1.807) is 26.2 Å². The van der Waals surface area contributed by atoms with E-state index in [2.05, 4.69) is 15.3 Å². The van der Waals surface area contributed by atoms with Crippen molar-refractivity contribution < 1.29 is 14.7 Å². The second-order valence-electron chi connectivity index (χ2n) is 4.02. The van der Waals surface area contributed by atoms with Crippen LogP contribution in [0.25, 0.3) is 0 Å². The minimum atomic E-state index is -1.01. The fourth-order valence-electron chi connectivity index (χ4n) is 1.63. The molecule has 0 saturated carbocycles. The molecule has 0 spiro atoms. The number of likely N-dealkylation sites (N-methyl/N-ethyl adjacent to an activating group) is 1. The van der Waals surface area contributed by atoms with Crippen LogP contribution in [0.4, 0.5) is 4.79 Å². The molecule has 0 radical (unpaired) electrons. The van der Waals surface area contributed by atoms with E-state index in [0.717, 1.165) is 0 Å². The van der Waals surface area contributed by atoms with Gasteiger partial charge in [0.15, 0.2) is 0 Å². The number of hydrogen-bond acceptors (Lipinski definition) is 3. The molecule has 0 aliphatic heterocycles. The zero-order valence-corrected chi connectivity index (χ0v) is 10.7. The first-order valence-electron chi connectivity index (χ1n) is 5.72. The van der Waals surface area contributed by atoms with Gasteiger partial charge in [0, 0.05) is 19.4 Å². The summed E-state index contributed by atoms with van der Waals surface area (Å²) in [5.41, 5.74) is 0. The van der Waals surface area contributed by atoms with Crippen molar-refractivity contribution in [1.82, 2.24) is 20.2 Å². The van der Waals surface area contributed by atoms with E-state index in [9.17, 15) is 9.59 Å². The third kappa shape index (κ3) is 3.22. The van der Waals surface area contributed by atoms with Crippen molar-refractivity contribution in [2.75, 3.05) is 7.05 Å². The Labute approximate surface area is 105 Å². The summed E-state index contributed by atoms with van der Waals surface area (Å²) in [4.78, 5) is 30.9. The maximum atomic E-state index is 11.9. The van der Waals surface area contributed by atoms with Gasteiger partial charge in [-0.3, -0.25) is 0 Å². The van der Waals surface area contributed by atoms with Gasteiger partial charge < -0.3 is 20.3 Å². The molecule has 1 heterocycles. The first-order valence-corrected chi connectivity index (χ1v) is 5.72. The van der Waals surface area contributed by atoms with Gasteiger partial charge in [-0.15, -0.1) is 0 Å². The van der Waals surface area contributed by atoms with Gasteiger partial charge in [0.25, 0.3) is 0 Å². The van der Waals surface area contributed by atoms with Crippen molar-refractivity contribution in [1.29, 1.82) is 0 Å². The van der Waals surface area contributed by atoms with E-state index in [-0.39, 0.29) is 6.04 Å². The van der Waals surface area contributed by atoms with Crippen LogP contribution in [0, 0.1) is 0 Å². The summed E-state index contributed by atoms with van der Waals surface area (Å²) in [5.74, 6) is -0.388. The largest absolute Gasteiger partial charge is 0.480 e. The van der Waals surface area contributed by atoms with E-state index in [1.807, 2.05) is 0 Å². The molecule has 0 saturated heterocycles. The summed E-state index contributed by atoms with van der Waals surface area (Å²) in [7, 11) is 1.46. The molecule has 0 aliphatic carbocycles. The van der Waals surface area contributed by atoms with Crippen LogP contribution >= 0.6 is 0 Å². The van der Waals surface area contributed by atoms with Crippen LogP contribution in [-0.2, 0) is 4.79 Å². The maximum Gasteiger partial charge on any atom is 0.326 e. The highest BCUT2D eigenvalue weighted by Gasteiger charge is 2.25. The maximum absolute atomic E-state index is 11.9. The second kappa shape index (κ2) is 6.04. The smallest absolute Gasteiger partial charge is 0.326 e. The van der Waals surface area contributed by atoms with Crippen LogP contribution < -0.4 is 5.32 Å². The van der Waals surface area contributed by atoms with Gasteiger partial charge in [-0.2, -0.15) is 0 Å². The number of aromatic nitrogens is 2. The number of carboxylic acids is 1. The number of carboxylic acid groups (broad SMARTS) is 1. The number of hydrogen-bond donors (Lipinski definition) is 3. The quantitative estimate of drug-likeness (QED) is 0.729. The summed E-state index contributed by atoms with van der Waals surface area (Å²) in [5, 5.41) is 11.7. The molecular formula is C11H18N4O3. The number of carbonyl (C=O) groups is 2. The molecule has 7 nitrogen and oxygen atoms in total. The van der Waals surface area contributed by atoms with Crippen LogP contribution in [0.1, 0.15) is 32.1 Å². The summed E-state index contributed by atoms with van der Waals surface area (Å²) in [6.07, 6.45) is 3.61. The SMILES string of the molecule is CCC(C(=O)O)N(C)C(=O)NC(C)c1ncc[nH]1. The molecule has 7 heteroatoms. The fourth-order valence-corrected chi connectivity index (χ4v) is 1.63. The number of urea groups is 1. The zero-order valence-electron chi connectivity index (χ0n) is 10.7. The molecule has 3 N–H and O–H groups in total. The van der Waals surface area contributed by atoms with Crippen molar-refractivity contribution in [2.24, 2.45) is 0 Å². The highest BCUT2D eigenvalue weighted by molar-refractivity contribution is 5.82. The normalized spacial score (nSPS) is 13.7. The summed E-state index contributed by atoms with van der Waals surface area (Å²) >= 11 is 0. The molecule has 2 amide bonds. The predicted molar refractivity (Wildman–Crippen MR) is 65.0 cm³/mol. The molecule has 1 aromatic heterocycles. The summed E-state index contributed by atoms with van der Waals surface area (Å²) in [6.45, 7) is 3.49. The highest BCUT2D eigenvalue weighted by Crippen LogP contribution is 2.08. The number of nitrogens with one attached hydrogen (secondary N) is 2. The van der Waals surface area contributed by atoms with E-state index in [4.69, 9.17) is 5.11 Å². The average Bonchev–Trinajstić information content (AvgIpc) is 2.82. The topological polar surface area (TPSA) is 98.3 Å². The number of imidazole rings is 1. The second-order valence-corrected chi connectivity index (χ2v) is 4.02. The number of carbonyl (C=O) groups excluding carboxylic acids is 1. The third-order valence-corrected chi connectivity index (χ3v) is 2.73. The Morgan fingerprint density at radius 2 is 2.28 bits per heavy atom. The zero-order chi connectivity index (χ0) is 13.7. The lowest BCUT2D eigenvalue weighted by Crippen LogP contribution is -2.47. The molecule has 2 atom stereocenters. The van der Waals surface area contributed by atoms with Gasteiger partial charge in [-0.1, -0.05) is 6.92 Å². The summed E-state index contributed by atoms with van der Waals surface area (Å²) < 4.78 is 0. The van der Waals surface area contributed by atoms with Gasteiger partial charge in [-0.05, 0) is 13.3 Å². The lowest BCUT2D eigenvalue weighted by atomic mass is 10.2. The first kappa shape index (κ1) is 14.0. The Kier molecular flexibility index (Phi) is 4.70. The van der Waals surface area contributed by atoms with Crippen LogP contribution in [0.2, 0.25) is 0 Å². The minimum Gasteiger partial charge on any atom is -0.480 e. The molecule has 2 unspecified atom stereocenters. The van der Waals surface area contributed by atoms with Crippen molar-refractivity contribution in [3.63, 3.8) is 0 Å². The standard InChI is InChI=1S/C11H18N4O3/c1-4-8(10(16)17)15(3)11(18)14-7(2)9-12-5-6-13-9/h5-8H,4H2,1-3H3,(H,12,13)(H,14,18)(H,16,17). The molecule has 0 fully saturated rings. The van der Waals surface area contributed by atoms with Crippen molar-refractivity contribution >= 4 is 12.0 Å². The molecular weight excluding hydrogens is 236 g/mol. The molecule has 1 aromatic rings. The lowest BCUT2D eigenvalue weighted by Gasteiger charge is -2.25. The van der Waals surface area contributed by atoms with Crippen LogP contribution in [0.15, 0.2) is 12.4 Å². The fraction of sp³-hybridized carbons (Fsp3) is 0.545. The number of nitrogens with zero attached hydrogens (tertiary/aromatic N) is 2. The van der Waals surface area contributed by atoms with Gasteiger partial charge >= 0.3 is 12.0 Å². The van der Waals surface area contributed by atoms with Crippen LogP contribution in [-0.4, -0.2) is 45.1 Å². The predicted octanol–water partition coefficient (Wildman–Crippen LogP) is 0.975. The lowest BCUT2D eigenvalue weighted by molar-refractivity contribution is -0.141. The summed E-state index contributed by atoms with van der Waals surface area (Å²) in [6, 6.07) is -1.57. The Morgan fingerprint density at radius 3 is 2.72 bits per heavy atom. The van der Waals surface area contributed by atoms with Crippen molar-refractivity contribution in [2.45, 2.75) is 32.4 Å². The van der Waals surface area contributed by atoms with E-state index >= 15 is 0 Å². The number of aromatic amines is 1. The molecule has 18 heavy (non-hydrogen) atoms. The number of aliphatic carboxylic acids is 1. The molecule has 100 valence electrons. The highest BCUT2D eigenvalue weighted by atomic mass is 16.4. The Bertz CT molecular complexity index is 404. The Morgan fingerprint density at radius 1 is 1.61 bits per heavy atom. The minimum absolute atomic E-state index is 0.304. The van der Waals surface area contributed by atoms with E-state index in [1.165, 1.54) is 11.9 Å². The van der Waals surface area contributed by atoms with Gasteiger partial charge in [0.1, 0.15) is 11.9 Å². The molecule has 0 aromatic carbocycles. The van der Waals surface area contributed by atoms with Crippen LogP contribution in [0.5, 0.6) is 0 Å². The van der Waals surface area contributed by atoms with Crippen molar-refractivity contribution in [3.05, 3.63) is 18.2 Å². The molecule has 0 aliphatic rings. The molecule has 1 rings (SSSR count). The Hall–Kier alpha value is -2.05. The average molecular weight is 254 g/mol. The van der Waals surface area contributed by atoms with E-state index in [0.29, 0.717) is 12.2 Å². The third-order valence-electron chi connectivity index (χ3n) is 2.73. The van der Waals surface area contributed by atoms with Crippen LogP contribution in [0.3, 0.4) is 0 Å². The van der Waals surface area contributed by atoms with E-state index < -0.39 is 18.0 Å². The van der Waals surface area contributed by atoms with Gasteiger partial charge in [-0.25, -0.2) is 14.6 Å². The Balaban J connectivity index is 2.62. The monoisotopic (exact) mass is 254 g/mol. The van der Waals surface area contributed by atoms with Crippen molar-refractivity contribution in [3.8, 4) is 0 Å². The van der Waals surface area contributed by atoms with Gasteiger partial charge in [0.05, 0.1) is 6.04 Å². The first-order chi connectivity index (χ1) is 8.47. The number of amides is 2. The van der Waals surface area contributed by atoms with Gasteiger partial charge in [0.2, 0.25) is 0 Å². The number of H-pyrrole nitrogens is 1.